The second-order valence-electron chi connectivity index (χ2n) is 6.14. The van der Waals surface area contributed by atoms with Gasteiger partial charge in [0.25, 0.3) is 0 Å². The molecule has 0 aromatic heterocycles. The summed E-state index contributed by atoms with van der Waals surface area (Å²) in [7, 11) is 0. The lowest BCUT2D eigenvalue weighted by molar-refractivity contribution is -0.156. The number of rotatable bonds is 3. The number of morpholine rings is 1. The van der Waals surface area contributed by atoms with E-state index in [-0.39, 0.29) is 23.5 Å². The van der Waals surface area contributed by atoms with Crippen LogP contribution in [0.25, 0.3) is 0 Å². The molecule has 0 spiro atoms. The Morgan fingerprint density at radius 2 is 2.11 bits per heavy atom. The van der Waals surface area contributed by atoms with Crippen molar-refractivity contribution in [2.24, 2.45) is 5.92 Å². The maximum absolute atomic E-state index is 12.1. The van der Waals surface area contributed by atoms with Crippen LogP contribution in [0.3, 0.4) is 0 Å². The molecule has 2 aliphatic heterocycles. The van der Waals surface area contributed by atoms with Crippen LogP contribution in [0.4, 0.5) is 0 Å². The molecule has 0 bridgehead atoms. The zero-order valence-corrected chi connectivity index (χ0v) is 11.6. The van der Waals surface area contributed by atoms with Gasteiger partial charge < -0.3 is 19.7 Å². The van der Waals surface area contributed by atoms with Crippen LogP contribution in [0.5, 0.6) is 0 Å². The Labute approximate surface area is 109 Å². The molecule has 1 N–H and O–H groups in total. The second kappa shape index (κ2) is 5.55. The number of ether oxygens (including phenoxy) is 2. The monoisotopic (exact) mass is 256 g/mol. The van der Waals surface area contributed by atoms with E-state index < -0.39 is 0 Å². The highest BCUT2D eigenvalue weighted by Gasteiger charge is 2.33. The van der Waals surface area contributed by atoms with E-state index in [1.54, 1.807) is 0 Å². The van der Waals surface area contributed by atoms with E-state index in [1.165, 1.54) is 0 Å². The quantitative estimate of drug-likeness (QED) is 0.786. The minimum Gasteiger partial charge on any atom is -0.380 e. The lowest BCUT2D eigenvalue weighted by Gasteiger charge is -2.38. The molecule has 0 aliphatic carbocycles. The van der Waals surface area contributed by atoms with Crippen LogP contribution in [0.1, 0.15) is 20.8 Å². The number of nitrogens with zero attached hydrogens (tertiary/aromatic N) is 1. The SMILES string of the molecule is CC(C)(C)NCC1CN(C(=O)C2COC2)CCO1. The standard InChI is InChI=1S/C13H24N2O3/c1-13(2,3)14-6-11-7-15(4-5-18-11)12(16)10-8-17-9-10/h10-11,14H,4-9H2,1-3H3. The van der Waals surface area contributed by atoms with Gasteiger partial charge in [-0.15, -0.1) is 0 Å². The van der Waals surface area contributed by atoms with Crippen LogP contribution >= 0.6 is 0 Å². The number of hydrogen-bond donors (Lipinski definition) is 1. The van der Waals surface area contributed by atoms with Crippen molar-refractivity contribution in [2.45, 2.75) is 32.4 Å². The molecule has 5 heteroatoms. The predicted molar refractivity (Wildman–Crippen MR) is 68.4 cm³/mol. The number of amides is 1. The molecule has 1 unspecified atom stereocenters. The Hall–Kier alpha value is -0.650. The maximum atomic E-state index is 12.1. The number of hydrogen-bond acceptors (Lipinski definition) is 4. The van der Waals surface area contributed by atoms with Gasteiger partial charge in [-0.25, -0.2) is 0 Å². The topological polar surface area (TPSA) is 50.8 Å². The fraction of sp³-hybridized carbons (Fsp3) is 0.923. The third-order valence-electron chi connectivity index (χ3n) is 3.30. The van der Waals surface area contributed by atoms with Crippen molar-refractivity contribution in [2.75, 3.05) is 39.5 Å². The smallest absolute Gasteiger partial charge is 0.230 e. The third-order valence-corrected chi connectivity index (χ3v) is 3.30. The highest BCUT2D eigenvalue weighted by molar-refractivity contribution is 5.79. The first-order valence-electron chi connectivity index (χ1n) is 6.69. The molecule has 18 heavy (non-hydrogen) atoms. The summed E-state index contributed by atoms with van der Waals surface area (Å²) in [6, 6.07) is 0. The summed E-state index contributed by atoms with van der Waals surface area (Å²) in [5.74, 6) is 0.310. The first kappa shape index (κ1) is 13.8. The van der Waals surface area contributed by atoms with Crippen molar-refractivity contribution in [1.82, 2.24) is 10.2 Å². The second-order valence-corrected chi connectivity index (χ2v) is 6.14. The van der Waals surface area contributed by atoms with Gasteiger partial charge in [0.1, 0.15) is 0 Å². The molecule has 0 radical (unpaired) electrons. The van der Waals surface area contributed by atoms with Crippen LogP contribution in [0.15, 0.2) is 0 Å². The van der Waals surface area contributed by atoms with Gasteiger partial charge in [-0.05, 0) is 20.8 Å². The fourth-order valence-electron chi connectivity index (χ4n) is 2.10. The first-order valence-corrected chi connectivity index (χ1v) is 6.69. The lowest BCUT2D eigenvalue weighted by Crippen LogP contribution is -2.54. The molecule has 2 aliphatic rings. The molecule has 1 atom stereocenters. The van der Waals surface area contributed by atoms with Gasteiger partial charge in [0.2, 0.25) is 5.91 Å². The molecule has 2 heterocycles. The average Bonchev–Trinajstić information content (AvgIpc) is 2.23. The molecular formula is C13H24N2O3. The summed E-state index contributed by atoms with van der Waals surface area (Å²) < 4.78 is 10.8. The Kier molecular flexibility index (Phi) is 4.25. The molecule has 2 rings (SSSR count). The van der Waals surface area contributed by atoms with Crippen molar-refractivity contribution in [1.29, 1.82) is 0 Å². The van der Waals surface area contributed by atoms with Crippen molar-refractivity contribution in [3.63, 3.8) is 0 Å². The summed E-state index contributed by atoms with van der Waals surface area (Å²) in [5.41, 5.74) is 0.0808. The Bertz CT molecular complexity index is 297. The first-order chi connectivity index (χ1) is 8.46. The lowest BCUT2D eigenvalue weighted by atomic mass is 10.1. The van der Waals surface area contributed by atoms with Crippen LogP contribution < -0.4 is 5.32 Å². The van der Waals surface area contributed by atoms with Crippen LogP contribution in [-0.2, 0) is 14.3 Å². The van der Waals surface area contributed by atoms with Gasteiger partial charge in [-0.2, -0.15) is 0 Å². The van der Waals surface area contributed by atoms with Crippen molar-refractivity contribution in [3.8, 4) is 0 Å². The Balaban J connectivity index is 1.78. The fourth-order valence-corrected chi connectivity index (χ4v) is 2.10. The molecule has 2 fully saturated rings. The normalized spacial score (nSPS) is 25.9. The summed E-state index contributed by atoms with van der Waals surface area (Å²) >= 11 is 0. The molecule has 5 nitrogen and oxygen atoms in total. The third kappa shape index (κ3) is 3.67. The number of nitrogens with one attached hydrogen (secondary N) is 1. The molecule has 104 valence electrons. The van der Waals surface area contributed by atoms with Gasteiger partial charge in [0.05, 0.1) is 31.8 Å². The van der Waals surface area contributed by atoms with Crippen molar-refractivity contribution < 1.29 is 14.3 Å². The van der Waals surface area contributed by atoms with Crippen molar-refractivity contribution in [3.05, 3.63) is 0 Å². The minimum atomic E-state index is 0.0808. The van der Waals surface area contributed by atoms with Gasteiger partial charge in [0, 0.05) is 25.2 Å². The molecule has 0 saturated carbocycles. The van der Waals surface area contributed by atoms with E-state index in [1.807, 2.05) is 4.90 Å². The van der Waals surface area contributed by atoms with Crippen LogP contribution in [-0.4, -0.2) is 61.9 Å². The largest absolute Gasteiger partial charge is 0.380 e. The highest BCUT2D eigenvalue weighted by Crippen LogP contribution is 2.16. The van der Waals surface area contributed by atoms with E-state index in [4.69, 9.17) is 9.47 Å². The summed E-state index contributed by atoms with van der Waals surface area (Å²) in [5, 5.41) is 3.42. The van der Waals surface area contributed by atoms with E-state index >= 15 is 0 Å². The van der Waals surface area contributed by atoms with E-state index in [0.29, 0.717) is 32.9 Å². The number of carbonyl (C=O) groups is 1. The van der Waals surface area contributed by atoms with E-state index in [0.717, 1.165) is 6.54 Å². The van der Waals surface area contributed by atoms with Gasteiger partial charge in [-0.3, -0.25) is 4.79 Å². The Morgan fingerprint density at radius 1 is 1.39 bits per heavy atom. The Morgan fingerprint density at radius 3 is 2.67 bits per heavy atom. The zero-order chi connectivity index (χ0) is 13.2. The molecule has 1 amide bonds. The van der Waals surface area contributed by atoms with Gasteiger partial charge in [0.15, 0.2) is 0 Å². The summed E-state index contributed by atoms with van der Waals surface area (Å²) in [6.45, 7) is 10.4. The number of carbonyl (C=O) groups excluding carboxylic acids is 1. The molecule has 0 aromatic rings. The van der Waals surface area contributed by atoms with Gasteiger partial charge >= 0.3 is 0 Å². The zero-order valence-electron chi connectivity index (χ0n) is 11.6. The minimum absolute atomic E-state index is 0.0808. The molecular weight excluding hydrogens is 232 g/mol. The van der Waals surface area contributed by atoms with E-state index in [2.05, 4.69) is 26.1 Å². The maximum Gasteiger partial charge on any atom is 0.230 e. The highest BCUT2D eigenvalue weighted by atomic mass is 16.5. The molecule has 2 saturated heterocycles. The molecule has 0 aromatic carbocycles. The van der Waals surface area contributed by atoms with E-state index in [9.17, 15) is 4.79 Å². The van der Waals surface area contributed by atoms with Crippen LogP contribution in [0, 0.1) is 5.92 Å². The van der Waals surface area contributed by atoms with Crippen molar-refractivity contribution >= 4 is 5.91 Å². The summed E-state index contributed by atoms with van der Waals surface area (Å²) in [4.78, 5) is 14.0. The summed E-state index contributed by atoms with van der Waals surface area (Å²) in [6.07, 6.45) is 0.0999. The van der Waals surface area contributed by atoms with Crippen LogP contribution in [0.2, 0.25) is 0 Å². The average molecular weight is 256 g/mol. The van der Waals surface area contributed by atoms with Gasteiger partial charge in [-0.1, -0.05) is 0 Å². The predicted octanol–water partition coefficient (Wildman–Crippen LogP) is 0.248.